The number of non-ortho nitro benzene ring substituents is 1. The number of nitrogens with one attached hydrogen (secondary N) is 2. The Morgan fingerprint density at radius 2 is 1.94 bits per heavy atom. The van der Waals surface area contributed by atoms with Gasteiger partial charge in [0.2, 0.25) is 5.91 Å². The van der Waals surface area contributed by atoms with Crippen LogP contribution in [0.15, 0.2) is 81.6 Å². The number of thiazole rings is 1. The maximum Gasteiger partial charge on any atom is 0.291 e. The van der Waals surface area contributed by atoms with Crippen LogP contribution < -0.4 is 10.6 Å². The third-order valence-corrected chi connectivity index (χ3v) is 6.46. The smallest absolute Gasteiger partial charge is 0.291 e. The van der Waals surface area contributed by atoms with Crippen LogP contribution in [0.3, 0.4) is 0 Å². The van der Waals surface area contributed by atoms with Crippen LogP contribution in [0.5, 0.6) is 0 Å². The quantitative estimate of drug-likeness (QED) is 0.183. The van der Waals surface area contributed by atoms with Gasteiger partial charge in [0.15, 0.2) is 10.9 Å². The standard InChI is InChI=1S/C23H18N4O5S2/c1-14(34-18-8-3-6-16(12-18)24-22(29)20-9-4-10-32-20)21(28)26-23-25-19(13-33-23)15-5-2-7-17(11-15)27(30)31/h2-14H,1H3,(H,24,29)(H,25,26,28). The van der Waals surface area contributed by atoms with Gasteiger partial charge in [-0.05, 0) is 37.3 Å². The first-order valence-electron chi connectivity index (χ1n) is 10.0. The average molecular weight is 495 g/mol. The molecule has 0 aliphatic heterocycles. The van der Waals surface area contributed by atoms with Crippen molar-refractivity contribution in [2.75, 3.05) is 10.6 Å². The van der Waals surface area contributed by atoms with Crippen LogP contribution in [0.25, 0.3) is 11.3 Å². The monoisotopic (exact) mass is 494 g/mol. The number of amides is 2. The summed E-state index contributed by atoms with van der Waals surface area (Å²) in [6.07, 6.45) is 1.43. The first kappa shape index (κ1) is 23.2. The second-order valence-electron chi connectivity index (χ2n) is 7.05. The molecule has 0 aliphatic rings. The Hall–Kier alpha value is -3.96. The van der Waals surface area contributed by atoms with Crippen molar-refractivity contribution >= 4 is 51.4 Å². The predicted molar refractivity (Wildman–Crippen MR) is 131 cm³/mol. The molecule has 4 aromatic rings. The largest absolute Gasteiger partial charge is 0.459 e. The topological polar surface area (TPSA) is 127 Å². The summed E-state index contributed by atoms with van der Waals surface area (Å²) in [4.78, 5) is 40.6. The summed E-state index contributed by atoms with van der Waals surface area (Å²) < 4.78 is 5.09. The first-order valence-corrected chi connectivity index (χ1v) is 11.8. The lowest BCUT2D eigenvalue weighted by molar-refractivity contribution is -0.384. The van der Waals surface area contributed by atoms with E-state index in [1.165, 1.54) is 41.5 Å². The van der Waals surface area contributed by atoms with E-state index < -0.39 is 10.2 Å². The summed E-state index contributed by atoms with van der Waals surface area (Å²) in [5.74, 6) is -0.394. The number of anilines is 2. The molecule has 2 N–H and O–H groups in total. The highest BCUT2D eigenvalue weighted by atomic mass is 32.2. The molecule has 2 heterocycles. The molecule has 9 nitrogen and oxygen atoms in total. The van der Waals surface area contributed by atoms with Crippen molar-refractivity contribution in [3.8, 4) is 11.3 Å². The Morgan fingerprint density at radius 3 is 2.71 bits per heavy atom. The predicted octanol–water partition coefficient (Wildman–Crippen LogP) is 5.68. The van der Waals surface area contributed by atoms with Crippen molar-refractivity contribution in [3.63, 3.8) is 0 Å². The minimum absolute atomic E-state index is 0.0244. The number of furan rings is 1. The molecule has 0 saturated heterocycles. The Labute approximate surface area is 202 Å². The molecule has 0 saturated carbocycles. The number of carbonyl (C=O) groups is 2. The van der Waals surface area contributed by atoms with E-state index in [1.54, 1.807) is 54.8 Å². The van der Waals surface area contributed by atoms with Crippen LogP contribution in [0.2, 0.25) is 0 Å². The third-order valence-electron chi connectivity index (χ3n) is 4.61. The minimum atomic E-state index is -0.463. The summed E-state index contributed by atoms with van der Waals surface area (Å²) in [6, 6.07) is 16.5. The summed E-state index contributed by atoms with van der Waals surface area (Å²) in [7, 11) is 0. The lowest BCUT2D eigenvalue weighted by Gasteiger charge is -2.11. The number of nitro benzene ring substituents is 1. The van der Waals surface area contributed by atoms with Gasteiger partial charge < -0.3 is 15.1 Å². The molecule has 172 valence electrons. The van der Waals surface area contributed by atoms with E-state index in [1.807, 2.05) is 6.07 Å². The first-order chi connectivity index (χ1) is 16.4. The molecule has 2 amide bonds. The fraction of sp³-hybridized carbons (Fsp3) is 0.0870. The van der Waals surface area contributed by atoms with Crippen LogP contribution in [0.4, 0.5) is 16.5 Å². The normalized spacial score (nSPS) is 11.6. The second kappa shape index (κ2) is 10.3. The molecule has 0 fully saturated rings. The number of hydrogen-bond donors (Lipinski definition) is 2. The van der Waals surface area contributed by atoms with Crippen molar-refractivity contribution < 1.29 is 18.9 Å². The van der Waals surface area contributed by atoms with Gasteiger partial charge in [-0.15, -0.1) is 23.1 Å². The highest BCUT2D eigenvalue weighted by Crippen LogP contribution is 2.30. The van der Waals surface area contributed by atoms with Crippen LogP contribution in [-0.2, 0) is 4.79 Å². The summed E-state index contributed by atoms with van der Waals surface area (Å²) in [5.41, 5.74) is 1.70. The van der Waals surface area contributed by atoms with Crippen molar-refractivity contribution in [1.82, 2.24) is 4.98 Å². The van der Waals surface area contributed by atoms with Gasteiger partial charge in [0.1, 0.15) is 0 Å². The number of benzene rings is 2. The molecule has 0 aliphatic carbocycles. The van der Waals surface area contributed by atoms with Crippen LogP contribution in [0.1, 0.15) is 17.5 Å². The van der Waals surface area contributed by atoms with Gasteiger partial charge in [0, 0.05) is 33.7 Å². The van der Waals surface area contributed by atoms with E-state index >= 15 is 0 Å². The maximum absolute atomic E-state index is 12.7. The fourth-order valence-electron chi connectivity index (χ4n) is 2.95. The third kappa shape index (κ3) is 5.69. The highest BCUT2D eigenvalue weighted by Gasteiger charge is 2.18. The molecule has 4 rings (SSSR count). The van der Waals surface area contributed by atoms with E-state index in [4.69, 9.17) is 4.42 Å². The number of rotatable bonds is 8. The van der Waals surface area contributed by atoms with Gasteiger partial charge in [-0.1, -0.05) is 18.2 Å². The van der Waals surface area contributed by atoms with Gasteiger partial charge in [-0.3, -0.25) is 19.7 Å². The fourth-order valence-corrected chi connectivity index (χ4v) is 4.60. The lowest BCUT2D eigenvalue weighted by atomic mass is 10.1. The van der Waals surface area contributed by atoms with Gasteiger partial charge >= 0.3 is 0 Å². The van der Waals surface area contributed by atoms with E-state index in [9.17, 15) is 19.7 Å². The van der Waals surface area contributed by atoms with Crippen LogP contribution in [0, 0.1) is 10.1 Å². The number of nitro groups is 1. The molecule has 0 spiro atoms. The van der Waals surface area contributed by atoms with Crippen molar-refractivity contribution in [1.29, 1.82) is 0 Å². The molecule has 11 heteroatoms. The summed E-state index contributed by atoms with van der Waals surface area (Å²) >= 11 is 2.57. The Morgan fingerprint density at radius 1 is 1.12 bits per heavy atom. The van der Waals surface area contributed by atoms with Crippen LogP contribution in [-0.4, -0.2) is 27.0 Å². The van der Waals surface area contributed by atoms with Gasteiger partial charge in [-0.2, -0.15) is 0 Å². The van der Waals surface area contributed by atoms with Crippen molar-refractivity contribution in [2.24, 2.45) is 0 Å². The van der Waals surface area contributed by atoms with E-state index in [2.05, 4.69) is 15.6 Å². The Bertz CT molecular complexity index is 1340. The Balaban J connectivity index is 1.37. The van der Waals surface area contributed by atoms with Crippen molar-refractivity contribution in [2.45, 2.75) is 17.1 Å². The molecule has 2 aromatic heterocycles. The molecule has 1 atom stereocenters. The number of aromatic nitrogens is 1. The summed E-state index contributed by atoms with van der Waals surface area (Å²) in [6.45, 7) is 1.77. The van der Waals surface area contributed by atoms with Crippen molar-refractivity contribution in [3.05, 3.63) is 88.2 Å². The molecule has 1 unspecified atom stereocenters. The molecule has 0 radical (unpaired) electrons. The van der Waals surface area contributed by atoms with Gasteiger partial charge in [0.05, 0.1) is 22.1 Å². The van der Waals surface area contributed by atoms with E-state index in [-0.39, 0.29) is 23.3 Å². The van der Waals surface area contributed by atoms with Gasteiger partial charge in [0.25, 0.3) is 11.6 Å². The van der Waals surface area contributed by atoms with E-state index in [0.717, 1.165) is 4.90 Å². The zero-order valence-electron chi connectivity index (χ0n) is 17.8. The number of thioether (sulfide) groups is 1. The number of carbonyl (C=O) groups excluding carboxylic acids is 2. The molecular weight excluding hydrogens is 476 g/mol. The molecule has 34 heavy (non-hydrogen) atoms. The molecule has 0 bridgehead atoms. The maximum atomic E-state index is 12.7. The summed E-state index contributed by atoms with van der Waals surface area (Å²) in [5, 5.41) is 18.2. The molecular formula is C23H18N4O5S2. The molecule has 2 aromatic carbocycles. The highest BCUT2D eigenvalue weighted by molar-refractivity contribution is 8.00. The van der Waals surface area contributed by atoms with Gasteiger partial charge in [-0.25, -0.2) is 4.98 Å². The average Bonchev–Trinajstić information content (AvgIpc) is 3.52. The zero-order chi connectivity index (χ0) is 24.1. The van der Waals surface area contributed by atoms with Crippen LogP contribution >= 0.6 is 23.1 Å². The SMILES string of the molecule is CC(Sc1cccc(NC(=O)c2ccco2)c1)C(=O)Nc1nc(-c2cccc([N+](=O)[O-])c2)cs1. The minimum Gasteiger partial charge on any atom is -0.459 e. The van der Waals surface area contributed by atoms with E-state index in [0.29, 0.717) is 22.1 Å². The second-order valence-corrected chi connectivity index (χ2v) is 9.33. The Kier molecular flexibility index (Phi) is 7.04. The lowest BCUT2D eigenvalue weighted by Crippen LogP contribution is -2.22. The number of hydrogen-bond acceptors (Lipinski definition) is 8. The number of nitrogens with zero attached hydrogens (tertiary/aromatic N) is 2. The zero-order valence-corrected chi connectivity index (χ0v) is 19.4.